The van der Waals surface area contributed by atoms with Crippen LogP contribution in [0.1, 0.15) is 12.5 Å². The van der Waals surface area contributed by atoms with Gasteiger partial charge in [-0.15, -0.1) is 11.8 Å². The predicted molar refractivity (Wildman–Crippen MR) is 64.8 cm³/mol. The number of thioether (sulfide) groups is 1. The Morgan fingerprint density at radius 2 is 2.25 bits per heavy atom. The standard InChI is InChI=1S/C10H17N3O2S/c1-3-8-9(11-2)12-6-13-10(8)16-5-7(15)4-14/h6-7,14-15H,3-5H2,1-2H3,(H,11,12,13). The molecule has 0 fully saturated rings. The van der Waals surface area contributed by atoms with Gasteiger partial charge in [-0.2, -0.15) is 0 Å². The van der Waals surface area contributed by atoms with E-state index in [0.29, 0.717) is 5.75 Å². The van der Waals surface area contributed by atoms with Crippen LogP contribution in [0.2, 0.25) is 0 Å². The van der Waals surface area contributed by atoms with Crippen molar-refractivity contribution in [3.63, 3.8) is 0 Å². The summed E-state index contributed by atoms with van der Waals surface area (Å²) in [5.74, 6) is 1.25. The minimum atomic E-state index is -0.706. The van der Waals surface area contributed by atoms with Crippen LogP contribution < -0.4 is 5.32 Å². The summed E-state index contributed by atoms with van der Waals surface area (Å²) in [5, 5.41) is 21.9. The maximum absolute atomic E-state index is 9.28. The second-order valence-corrected chi connectivity index (χ2v) is 4.27. The van der Waals surface area contributed by atoms with E-state index in [1.807, 2.05) is 14.0 Å². The van der Waals surface area contributed by atoms with Crippen molar-refractivity contribution in [3.8, 4) is 0 Å². The zero-order chi connectivity index (χ0) is 12.0. The van der Waals surface area contributed by atoms with Crippen LogP contribution in [0, 0.1) is 0 Å². The van der Waals surface area contributed by atoms with E-state index in [4.69, 9.17) is 5.11 Å². The van der Waals surface area contributed by atoms with E-state index in [1.54, 1.807) is 0 Å². The van der Waals surface area contributed by atoms with Crippen molar-refractivity contribution in [1.82, 2.24) is 9.97 Å². The molecule has 0 saturated heterocycles. The molecule has 5 nitrogen and oxygen atoms in total. The molecule has 0 aliphatic heterocycles. The highest BCUT2D eigenvalue weighted by Crippen LogP contribution is 2.25. The number of aliphatic hydroxyl groups is 2. The second-order valence-electron chi connectivity index (χ2n) is 3.26. The summed E-state index contributed by atoms with van der Waals surface area (Å²) < 4.78 is 0. The van der Waals surface area contributed by atoms with Crippen LogP contribution in [-0.2, 0) is 6.42 Å². The van der Waals surface area contributed by atoms with Crippen molar-refractivity contribution in [3.05, 3.63) is 11.9 Å². The molecule has 0 aromatic carbocycles. The lowest BCUT2D eigenvalue weighted by molar-refractivity contribution is 0.113. The van der Waals surface area contributed by atoms with Gasteiger partial charge in [-0.1, -0.05) is 6.92 Å². The Balaban J connectivity index is 2.78. The number of hydrogen-bond donors (Lipinski definition) is 3. The number of hydrogen-bond acceptors (Lipinski definition) is 6. The molecule has 1 unspecified atom stereocenters. The van der Waals surface area contributed by atoms with Crippen molar-refractivity contribution in [1.29, 1.82) is 0 Å². The van der Waals surface area contributed by atoms with Crippen LogP contribution >= 0.6 is 11.8 Å². The summed E-state index contributed by atoms with van der Waals surface area (Å²) in [6.07, 6.45) is 1.62. The van der Waals surface area contributed by atoms with Gasteiger partial charge in [-0.25, -0.2) is 9.97 Å². The van der Waals surface area contributed by atoms with Crippen molar-refractivity contribution in [2.24, 2.45) is 0 Å². The van der Waals surface area contributed by atoms with Gasteiger partial charge in [0.15, 0.2) is 0 Å². The van der Waals surface area contributed by atoms with Crippen LogP contribution in [0.5, 0.6) is 0 Å². The average molecular weight is 243 g/mol. The Hall–Kier alpha value is -0.850. The number of nitrogens with one attached hydrogen (secondary N) is 1. The van der Waals surface area contributed by atoms with Crippen molar-refractivity contribution >= 4 is 17.6 Å². The van der Waals surface area contributed by atoms with Gasteiger partial charge in [0.05, 0.1) is 12.7 Å². The first-order chi connectivity index (χ1) is 7.72. The van der Waals surface area contributed by atoms with E-state index in [2.05, 4.69) is 15.3 Å². The SMILES string of the molecule is CCc1c(NC)ncnc1SCC(O)CO. The minimum Gasteiger partial charge on any atom is -0.394 e. The lowest BCUT2D eigenvalue weighted by atomic mass is 10.2. The van der Waals surface area contributed by atoms with Gasteiger partial charge in [0, 0.05) is 18.4 Å². The van der Waals surface area contributed by atoms with Crippen LogP contribution in [-0.4, -0.2) is 45.7 Å². The molecule has 16 heavy (non-hydrogen) atoms. The summed E-state index contributed by atoms with van der Waals surface area (Å²) in [4.78, 5) is 8.31. The van der Waals surface area contributed by atoms with Crippen molar-refractivity contribution in [2.45, 2.75) is 24.5 Å². The van der Waals surface area contributed by atoms with Crippen LogP contribution in [0.15, 0.2) is 11.4 Å². The maximum Gasteiger partial charge on any atom is 0.133 e. The largest absolute Gasteiger partial charge is 0.394 e. The van der Waals surface area contributed by atoms with E-state index in [0.717, 1.165) is 22.8 Å². The first-order valence-corrected chi connectivity index (χ1v) is 6.14. The number of rotatable bonds is 6. The van der Waals surface area contributed by atoms with Crippen molar-refractivity contribution in [2.75, 3.05) is 24.7 Å². The molecular formula is C10H17N3O2S. The van der Waals surface area contributed by atoms with E-state index in [1.165, 1.54) is 18.1 Å². The lowest BCUT2D eigenvalue weighted by Gasteiger charge is -2.11. The third-order valence-electron chi connectivity index (χ3n) is 2.12. The molecule has 1 aromatic heterocycles. The summed E-state index contributed by atoms with van der Waals surface area (Å²) >= 11 is 1.43. The third-order valence-corrected chi connectivity index (χ3v) is 3.30. The molecule has 0 radical (unpaired) electrons. The summed E-state index contributed by atoms with van der Waals surface area (Å²) in [5.41, 5.74) is 1.04. The fraction of sp³-hybridized carbons (Fsp3) is 0.600. The first kappa shape index (κ1) is 13.2. The highest BCUT2D eigenvalue weighted by Gasteiger charge is 2.11. The number of nitrogens with zero attached hydrogens (tertiary/aromatic N) is 2. The molecule has 6 heteroatoms. The molecule has 0 amide bonds. The highest BCUT2D eigenvalue weighted by atomic mass is 32.2. The molecule has 90 valence electrons. The molecule has 0 aliphatic rings. The summed E-state index contributed by atoms with van der Waals surface area (Å²) in [6.45, 7) is 1.81. The molecular weight excluding hydrogens is 226 g/mol. The van der Waals surface area contributed by atoms with Gasteiger partial charge in [0.1, 0.15) is 17.2 Å². The van der Waals surface area contributed by atoms with Gasteiger partial charge >= 0.3 is 0 Å². The smallest absolute Gasteiger partial charge is 0.133 e. The highest BCUT2D eigenvalue weighted by molar-refractivity contribution is 7.99. The Morgan fingerprint density at radius 1 is 1.50 bits per heavy atom. The summed E-state index contributed by atoms with van der Waals surface area (Å²) in [6, 6.07) is 0. The topological polar surface area (TPSA) is 78.3 Å². The maximum atomic E-state index is 9.28. The second kappa shape index (κ2) is 6.67. The van der Waals surface area contributed by atoms with Gasteiger partial charge in [-0.05, 0) is 6.42 Å². The van der Waals surface area contributed by atoms with E-state index >= 15 is 0 Å². The number of anilines is 1. The zero-order valence-corrected chi connectivity index (χ0v) is 10.3. The Kier molecular flexibility index (Phi) is 5.51. The van der Waals surface area contributed by atoms with Crippen LogP contribution in [0.4, 0.5) is 5.82 Å². The summed E-state index contributed by atoms with van der Waals surface area (Å²) in [7, 11) is 1.82. The number of aliphatic hydroxyl groups excluding tert-OH is 2. The quantitative estimate of drug-likeness (QED) is 0.499. The molecule has 0 aliphatic carbocycles. The molecule has 1 rings (SSSR count). The van der Waals surface area contributed by atoms with E-state index in [9.17, 15) is 5.11 Å². The number of aromatic nitrogens is 2. The monoisotopic (exact) mass is 243 g/mol. The molecule has 1 atom stereocenters. The molecule has 0 bridgehead atoms. The van der Waals surface area contributed by atoms with Crippen molar-refractivity contribution < 1.29 is 10.2 Å². The molecule has 0 saturated carbocycles. The van der Waals surface area contributed by atoms with Gasteiger partial charge in [0.25, 0.3) is 0 Å². The minimum absolute atomic E-state index is 0.224. The lowest BCUT2D eigenvalue weighted by Crippen LogP contribution is -2.15. The molecule has 3 N–H and O–H groups in total. The predicted octanol–water partition coefficient (Wildman–Crippen LogP) is 0.526. The third kappa shape index (κ3) is 3.33. The normalized spacial score (nSPS) is 12.5. The van der Waals surface area contributed by atoms with Gasteiger partial charge in [-0.3, -0.25) is 0 Å². The fourth-order valence-electron chi connectivity index (χ4n) is 1.28. The molecule has 1 heterocycles. The zero-order valence-electron chi connectivity index (χ0n) is 9.47. The fourth-order valence-corrected chi connectivity index (χ4v) is 2.28. The van der Waals surface area contributed by atoms with Gasteiger partial charge in [0.2, 0.25) is 0 Å². The molecule has 0 spiro atoms. The van der Waals surface area contributed by atoms with Crippen LogP contribution in [0.3, 0.4) is 0 Å². The average Bonchev–Trinajstić information content (AvgIpc) is 2.34. The van der Waals surface area contributed by atoms with E-state index < -0.39 is 6.10 Å². The van der Waals surface area contributed by atoms with Gasteiger partial charge < -0.3 is 15.5 Å². The Labute approximate surface area is 99.3 Å². The molecule has 1 aromatic rings. The Morgan fingerprint density at radius 3 is 2.81 bits per heavy atom. The van der Waals surface area contributed by atoms with E-state index in [-0.39, 0.29) is 6.61 Å². The van der Waals surface area contributed by atoms with Crippen LogP contribution in [0.25, 0.3) is 0 Å². The first-order valence-electron chi connectivity index (χ1n) is 5.16. The Bertz CT molecular complexity index is 336.